The molecular weight excluding hydrogens is 364 g/mol. The van der Waals surface area contributed by atoms with Gasteiger partial charge in [0.1, 0.15) is 11.7 Å². The highest BCUT2D eigenvalue weighted by molar-refractivity contribution is 5.66. The summed E-state index contributed by atoms with van der Waals surface area (Å²) in [6.07, 6.45) is -0.675. The molecule has 0 unspecified atom stereocenters. The van der Waals surface area contributed by atoms with Gasteiger partial charge in [0.05, 0.1) is 22.0 Å². The molecule has 1 aromatic carbocycles. The first-order chi connectivity index (χ1) is 12.8. The van der Waals surface area contributed by atoms with E-state index in [9.17, 15) is 25.0 Å². The fourth-order valence-electron chi connectivity index (χ4n) is 2.60. The molecular formula is C14H16N6O7. The number of hydrogen-bond donors (Lipinski definition) is 1. The number of non-ortho nitro benzene ring substituents is 1. The number of nitro benzene ring substituents is 2. The second-order valence-electron chi connectivity index (χ2n) is 5.68. The van der Waals surface area contributed by atoms with E-state index in [1.165, 1.54) is 13.0 Å². The normalized spacial score (nSPS) is 21.6. The Balaban J connectivity index is 2.08. The number of carbonyl (C=O) groups is 1. The molecule has 0 bridgehead atoms. The second-order valence-corrected chi connectivity index (χ2v) is 5.68. The number of anilines is 1. The van der Waals surface area contributed by atoms with Crippen molar-refractivity contribution in [3.63, 3.8) is 0 Å². The molecule has 1 N–H and O–H groups in total. The van der Waals surface area contributed by atoms with Crippen LogP contribution in [0.2, 0.25) is 0 Å². The number of hydrogen-bond acceptors (Lipinski definition) is 9. The Bertz CT molecular complexity index is 794. The minimum atomic E-state index is -1.05. The molecule has 0 aliphatic carbocycles. The van der Waals surface area contributed by atoms with E-state index in [4.69, 9.17) is 15.0 Å². The van der Waals surface area contributed by atoms with Gasteiger partial charge in [-0.3, -0.25) is 25.0 Å². The number of azide groups is 1. The van der Waals surface area contributed by atoms with Crippen LogP contribution < -0.4 is 5.32 Å². The Morgan fingerprint density at radius 2 is 2.15 bits per heavy atom. The molecule has 0 saturated carbocycles. The van der Waals surface area contributed by atoms with Crippen molar-refractivity contribution in [3.05, 3.63) is 48.9 Å². The number of rotatable bonds is 7. The monoisotopic (exact) mass is 380 g/mol. The fourth-order valence-corrected chi connectivity index (χ4v) is 2.60. The molecule has 2 rings (SSSR count). The van der Waals surface area contributed by atoms with Gasteiger partial charge in [-0.25, -0.2) is 0 Å². The molecule has 27 heavy (non-hydrogen) atoms. The summed E-state index contributed by atoms with van der Waals surface area (Å²) in [7, 11) is 0. The van der Waals surface area contributed by atoms with Crippen LogP contribution in [-0.4, -0.2) is 40.8 Å². The Hall–Kier alpha value is -3.44. The maximum absolute atomic E-state index is 11.2. The van der Waals surface area contributed by atoms with Gasteiger partial charge in [0.25, 0.3) is 11.4 Å². The van der Waals surface area contributed by atoms with Gasteiger partial charge in [-0.05, 0) is 24.4 Å². The van der Waals surface area contributed by atoms with Crippen LogP contribution in [0, 0.1) is 20.2 Å². The molecule has 3 atom stereocenters. The lowest BCUT2D eigenvalue weighted by molar-refractivity contribution is -0.393. The summed E-state index contributed by atoms with van der Waals surface area (Å²) in [5.74, 6) is -0.599. The first kappa shape index (κ1) is 19.9. The van der Waals surface area contributed by atoms with Crippen molar-refractivity contribution in [2.24, 2.45) is 5.11 Å². The maximum atomic E-state index is 11.2. The second kappa shape index (κ2) is 8.78. The van der Waals surface area contributed by atoms with E-state index in [-0.39, 0.29) is 12.2 Å². The van der Waals surface area contributed by atoms with Crippen LogP contribution in [0.5, 0.6) is 0 Å². The fraction of sp³-hybridized carbons (Fsp3) is 0.500. The van der Waals surface area contributed by atoms with Crippen molar-refractivity contribution >= 4 is 23.0 Å². The average molecular weight is 380 g/mol. The quantitative estimate of drug-likeness (QED) is 0.187. The Morgan fingerprint density at radius 3 is 2.74 bits per heavy atom. The molecule has 13 heteroatoms. The molecule has 1 aliphatic heterocycles. The van der Waals surface area contributed by atoms with E-state index in [0.717, 1.165) is 12.1 Å². The smallest absolute Gasteiger partial charge is 0.304 e. The molecule has 0 radical (unpaired) electrons. The number of carbonyl (C=O) groups excluding carboxylic acids is 1. The van der Waals surface area contributed by atoms with Gasteiger partial charge in [0.2, 0.25) is 6.29 Å². The van der Waals surface area contributed by atoms with Crippen molar-refractivity contribution in [2.45, 2.75) is 38.2 Å². The summed E-state index contributed by atoms with van der Waals surface area (Å²) in [6.45, 7) is 1.32. The van der Waals surface area contributed by atoms with Gasteiger partial charge in [0, 0.05) is 24.4 Å². The number of ether oxygens (including phenoxy) is 2. The molecule has 1 saturated heterocycles. The lowest BCUT2D eigenvalue weighted by Gasteiger charge is -2.33. The Kier molecular flexibility index (Phi) is 6.46. The van der Waals surface area contributed by atoms with Crippen LogP contribution >= 0.6 is 0 Å². The zero-order chi connectivity index (χ0) is 20.0. The van der Waals surface area contributed by atoms with Crippen LogP contribution in [-0.2, 0) is 14.3 Å². The summed E-state index contributed by atoms with van der Waals surface area (Å²) < 4.78 is 10.6. The number of nitrogens with zero attached hydrogens (tertiary/aromatic N) is 5. The number of nitrogens with one attached hydrogen (secondary N) is 1. The zero-order valence-electron chi connectivity index (χ0n) is 14.2. The zero-order valence-corrected chi connectivity index (χ0v) is 14.2. The predicted molar refractivity (Wildman–Crippen MR) is 90.8 cm³/mol. The minimum Gasteiger partial charge on any atom is -0.435 e. The summed E-state index contributed by atoms with van der Waals surface area (Å²) in [6, 6.07) is 2.59. The van der Waals surface area contributed by atoms with Crippen molar-refractivity contribution in [3.8, 4) is 0 Å². The molecule has 0 aromatic heterocycles. The Labute approximate surface area is 152 Å². The van der Waals surface area contributed by atoms with Gasteiger partial charge in [-0.15, -0.1) is 0 Å². The van der Waals surface area contributed by atoms with Gasteiger partial charge >= 0.3 is 5.97 Å². The number of esters is 1. The lowest BCUT2D eigenvalue weighted by Crippen LogP contribution is -2.42. The summed E-state index contributed by atoms with van der Waals surface area (Å²) in [5, 5.41) is 28.3. The third kappa shape index (κ3) is 5.26. The molecule has 1 fully saturated rings. The van der Waals surface area contributed by atoms with Gasteiger partial charge in [0.15, 0.2) is 0 Å². The number of nitro groups is 2. The van der Waals surface area contributed by atoms with Crippen molar-refractivity contribution < 1.29 is 24.1 Å². The van der Waals surface area contributed by atoms with Crippen LogP contribution in [0.3, 0.4) is 0 Å². The third-order valence-corrected chi connectivity index (χ3v) is 3.82. The minimum absolute atomic E-state index is 0.0930. The van der Waals surface area contributed by atoms with Crippen LogP contribution in [0.1, 0.15) is 19.8 Å². The van der Waals surface area contributed by atoms with Crippen molar-refractivity contribution in [1.29, 1.82) is 0 Å². The SMILES string of the molecule is CC(=O)O[C@H]1O[C@H](CNc2ccc([N+](=O)[O-])cc2[N+](=O)[O-])CC[C@@H]1N=[N+]=[N-]. The lowest BCUT2D eigenvalue weighted by atomic mass is 10.0. The van der Waals surface area contributed by atoms with E-state index < -0.39 is 45.6 Å². The highest BCUT2D eigenvalue weighted by Crippen LogP contribution is 2.30. The average Bonchev–Trinajstić information content (AvgIpc) is 2.61. The van der Waals surface area contributed by atoms with Crippen molar-refractivity contribution in [2.75, 3.05) is 11.9 Å². The molecule has 1 aliphatic rings. The van der Waals surface area contributed by atoms with E-state index in [2.05, 4.69) is 15.3 Å². The first-order valence-corrected chi connectivity index (χ1v) is 7.85. The van der Waals surface area contributed by atoms with Crippen molar-refractivity contribution in [1.82, 2.24) is 0 Å². The van der Waals surface area contributed by atoms with Gasteiger partial charge in [-0.2, -0.15) is 0 Å². The molecule has 13 nitrogen and oxygen atoms in total. The molecule has 1 heterocycles. The Morgan fingerprint density at radius 1 is 1.41 bits per heavy atom. The molecule has 1 aromatic rings. The standard InChI is InChI=1S/C14H16N6O7/c1-8(21)26-14-12(17-18-15)5-3-10(27-14)7-16-11-4-2-9(19(22)23)6-13(11)20(24)25/h2,4,6,10,12,14,16H,3,5,7H2,1H3/t10-,12-,14-/m0/s1. The summed E-state index contributed by atoms with van der Waals surface area (Å²) in [5.41, 5.74) is 7.83. The maximum Gasteiger partial charge on any atom is 0.304 e. The molecule has 0 spiro atoms. The summed E-state index contributed by atoms with van der Waals surface area (Å²) in [4.78, 5) is 34.3. The van der Waals surface area contributed by atoms with Gasteiger partial charge < -0.3 is 14.8 Å². The summed E-state index contributed by atoms with van der Waals surface area (Å²) >= 11 is 0. The first-order valence-electron chi connectivity index (χ1n) is 7.85. The van der Waals surface area contributed by atoms with E-state index in [1.54, 1.807) is 0 Å². The topological polar surface area (TPSA) is 183 Å². The third-order valence-electron chi connectivity index (χ3n) is 3.82. The predicted octanol–water partition coefficient (Wildman–Crippen LogP) is 2.66. The highest BCUT2D eigenvalue weighted by atomic mass is 16.7. The van der Waals surface area contributed by atoms with E-state index >= 15 is 0 Å². The van der Waals surface area contributed by atoms with Crippen LogP contribution in [0.4, 0.5) is 17.1 Å². The van der Waals surface area contributed by atoms with Gasteiger partial charge in [-0.1, -0.05) is 5.11 Å². The highest BCUT2D eigenvalue weighted by Gasteiger charge is 2.33. The van der Waals surface area contributed by atoms with Crippen LogP contribution in [0.15, 0.2) is 23.3 Å². The number of benzene rings is 1. The molecule has 0 amide bonds. The van der Waals surface area contributed by atoms with Crippen LogP contribution in [0.25, 0.3) is 10.4 Å². The largest absolute Gasteiger partial charge is 0.435 e. The molecule has 144 valence electrons. The van der Waals surface area contributed by atoms with E-state index in [1.807, 2.05) is 0 Å². The van der Waals surface area contributed by atoms with E-state index in [0.29, 0.717) is 12.8 Å².